The summed E-state index contributed by atoms with van der Waals surface area (Å²) in [4.78, 5) is 0. The van der Waals surface area contributed by atoms with Crippen molar-refractivity contribution in [3.05, 3.63) is 108 Å². The number of aromatic hydroxyl groups is 2. The van der Waals surface area contributed by atoms with Gasteiger partial charge in [0.05, 0.1) is 0 Å². The molecule has 2 aromatic carbocycles. The van der Waals surface area contributed by atoms with E-state index in [1.807, 2.05) is 24.3 Å². The van der Waals surface area contributed by atoms with Crippen molar-refractivity contribution in [3.63, 3.8) is 0 Å². The molecule has 2 aromatic rings. The zero-order valence-corrected chi connectivity index (χ0v) is 17.7. The van der Waals surface area contributed by atoms with E-state index in [9.17, 15) is 17.6 Å². The van der Waals surface area contributed by atoms with Gasteiger partial charge >= 0.3 is 26.2 Å². The van der Waals surface area contributed by atoms with E-state index in [1.165, 1.54) is 0 Å². The maximum Gasteiger partial charge on any atom is 2.00 e. The average molecular weight is 482 g/mol. The summed E-state index contributed by atoms with van der Waals surface area (Å²) in [7, 11) is 0. The summed E-state index contributed by atoms with van der Waals surface area (Å²) in [5.74, 6) is -4.22. The number of hydrogen-bond acceptors (Lipinski definition) is 2. The van der Waals surface area contributed by atoms with Gasteiger partial charge in [-0.2, -0.15) is 12.2 Å². The number of rotatable bonds is 0. The third-order valence-electron chi connectivity index (χ3n) is 2.99. The Labute approximate surface area is 186 Å². The van der Waals surface area contributed by atoms with Gasteiger partial charge in [-0.3, -0.25) is 12.2 Å². The largest absolute Gasteiger partial charge is 2.00 e. The number of phenols is 2. The van der Waals surface area contributed by atoms with Crippen LogP contribution in [-0.2, 0) is 26.2 Å². The van der Waals surface area contributed by atoms with E-state index >= 15 is 0 Å². The molecule has 2 aliphatic carbocycles. The quantitative estimate of drug-likeness (QED) is 0.361. The van der Waals surface area contributed by atoms with Crippen molar-refractivity contribution in [2.75, 3.05) is 0 Å². The standard InChI is InChI=1S/2C6H4F2O.2C5H5.Zr/c2*7-4-1-2-5(8)6(9)3-4;2*1-2-4-5-3-1;/h2*1-3,9H;2*1-3H,4H2;/q;;2*-1;+2. The fourth-order valence-corrected chi connectivity index (χ4v) is 1.65. The van der Waals surface area contributed by atoms with Gasteiger partial charge in [-0.1, -0.05) is 0 Å². The van der Waals surface area contributed by atoms with Gasteiger partial charge in [0.25, 0.3) is 0 Å². The van der Waals surface area contributed by atoms with Gasteiger partial charge in [-0.05, 0) is 24.3 Å². The first-order chi connectivity index (χ1) is 13.4. The maximum absolute atomic E-state index is 12.1. The van der Waals surface area contributed by atoms with Crippen LogP contribution in [0.2, 0.25) is 0 Å². The topological polar surface area (TPSA) is 40.5 Å². The van der Waals surface area contributed by atoms with E-state index in [4.69, 9.17) is 10.2 Å². The van der Waals surface area contributed by atoms with Gasteiger partial charge in [-0.15, -0.1) is 12.8 Å². The Morgan fingerprint density at radius 2 is 1.03 bits per heavy atom. The molecule has 0 atom stereocenters. The molecule has 0 aliphatic heterocycles. The first-order valence-electron chi connectivity index (χ1n) is 8.11. The Balaban J connectivity index is 0.000000369. The second kappa shape index (κ2) is 15.5. The zero-order valence-electron chi connectivity index (χ0n) is 15.2. The number of halogens is 4. The van der Waals surface area contributed by atoms with Gasteiger partial charge in [0.2, 0.25) is 0 Å². The van der Waals surface area contributed by atoms with Crippen molar-refractivity contribution in [2.45, 2.75) is 12.8 Å². The number of phenolic OH excluding ortho intramolecular Hbond substituents is 2. The van der Waals surface area contributed by atoms with Crippen molar-refractivity contribution in [1.82, 2.24) is 0 Å². The van der Waals surface area contributed by atoms with E-state index < -0.39 is 34.8 Å². The normalized spacial score (nSPS) is 12.0. The minimum atomic E-state index is -0.809. The van der Waals surface area contributed by atoms with Gasteiger partial charge < -0.3 is 10.2 Å². The number of allylic oxidation sites excluding steroid dienone is 8. The summed E-state index contributed by atoms with van der Waals surface area (Å²) < 4.78 is 48.2. The molecule has 4 rings (SSSR count). The van der Waals surface area contributed by atoms with Gasteiger partial charge in [0, 0.05) is 12.1 Å². The first-order valence-corrected chi connectivity index (χ1v) is 8.11. The molecular formula is C22H18F4O2Zr. The Bertz CT molecular complexity index is 770. The van der Waals surface area contributed by atoms with Gasteiger partial charge in [0.15, 0.2) is 23.1 Å². The molecule has 0 saturated carbocycles. The Hall–Kier alpha value is -2.40. The van der Waals surface area contributed by atoms with Crippen molar-refractivity contribution in [3.8, 4) is 11.5 Å². The Morgan fingerprint density at radius 1 is 0.655 bits per heavy atom. The summed E-state index contributed by atoms with van der Waals surface area (Å²) >= 11 is 0. The minimum Gasteiger partial charge on any atom is -0.505 e. The molecule has 0 unspecified atom stereocenters. The zero-order chi connectivity index (χ0) is 20.8. The van der Waals surface area contributed by atoms with Crippen LogP contribution in [-0.4, -0.2) is 10.2 Å². The van der Waals surface area contributed by atoms with Crippen LogP contribution in [0.1, 0.15) is 12.8 Å². The molecule has 0 fully saturated rings. The molecule has 2 N–H and O–H groups in total. The molecule has 0 radical (unpaired) electrons. The van der Waals surface area contributed by atoms with Crippen LogP contribution < -0.4 is 0 Å². The first kappa shape index (κ1) is 26.6. The molecule has 29 heavy (non-hydrogen) atoms. The number of benzene rings is 2. The maximum atomic E-state index is 12.1. The Morgan fingerprint density at radius 3 is 1.21 bits per heavy atom. The summed E-state index contributed by atoms with van der Waals surface area (Å²) in [5.41, 5.74) is 0. The van der Waals surface area contributed by atoms with E-state index in [0.29, 0.717) is 0 Å². The molecule has 0 bridgehead atoms. The second-order valence-corrected chi connectivity index (χ2v) is 5.20. The molecule has 2 nitrogen and oxygen atoms in total. The van der Waals surface area contributed by atoms with E-state index in [2.05, 4.69) is 24.3 Å². The summed E-state index contributed by atoms with van der Waals surface area (Å²) in [6, 6.07) is 5.05. The molecule has 7 heteroatoms. The SMILES string of the molecule is Oc1cc(F)ccc1F.Oc1cc(F)ccc1F.[C-]1=CC=CC1.[C-]1=CC=CC1.[Zr+2]. The van der Waals surface area contributed by atoms with E-state index in [0.717, 1.165) is 49.2 Å². The third kappa shape index (κ3) is 12.6. The molecule has 150 valence electrons. The van der Waals surface area contributed by atoms with Crippen molar-refractivity contribution in [1.29, 1.82) is 0 Å². The molecule has 0 saturated heterocycles. The van der Waals surface area contributed by atoms with Gasteiger partial charge in [-0.25, -0.2) is 41.9 Å². The van der Waals surface area contributed by atoms with Gasteiger partial charge in [0.1, 0.15) is 11.6 Å². The van der Waals surface area contributed by atoms with Crippen LogP contribution in [0.5, 0.6) is 11.5 Å². The molecule has 0 amide bonds. The Kier molecular flexibility index (Phi) is 14.2. The van der Waals surface area contributed by atoms with Crippen molar-refractivity contribution >= 4 is 0 Å². The fourth-order valence-electron chi connectivity index (χ4n) is 1.65. The van der Waals surface area contributed by atoms with Crippen molar-refractivity contribution in [2.24, 2.45) is 0 Å². The van der Waals surface area contributed by atoms with Crippen molar-refractivity contribution < 1.29 is 54.0 Å². The van der Waals surface area contributed by atoms with Crippen LogP contribution in [0.15, 0.2) is 72.9 Å². The average Bonchev–Trinajstić information content (AvgIpc) is 3.41. The van der Waals surface area contributed by atoms with E-state index in [1.54, 1.807) is 0 Å². The predicted molar refractivity (Wildman–Crippen MR) is 99.2 cm³/mol. The molecule has 0 heterocycles. The summed E-state index contributed by atoms with van der Waals surface area (Å²) in [6.45, 7) is 0. The van der Waals surface area contributed by atoms with Crippen LogP contribution >= 0.6 is 0 Å². The monoisotopic (exact) mass is 480 g/mol. The molecule has 0 spiro atoms. The molecule has 0 aromatic heterocycles. The van der Waals surface area contributed by atoms with Crippen LogP contribution in [0.3, 0.4) is 0 Å². The summed E-state index contributed by atoms with van der Waals surface area (Å²) in [5, 5.41) is 17.0. The fraction of sp³-hybridized carbons (Fsp3) is 0.0909. The second-order valence-electron chi connectivity index (χ2n) is 5.20. The van der Waals surface area contributed by atoms with E-state index in [-0.39, 0.29) is 26.2 Å². The van der Waals surface area contributed by atoms with Crippen LogP contribution in [0.4, 0.5) is 17.6 Å². The number of hydrogen-bond donors (Lipinski definition) is 2. The molecule has 2 aliphatic rings. The van der Waals surface area contributed by atoms with Crippen LogP contribution in [0.25, 0.3) is 0 Å². The third-order valence-corrected chi connectivity index (χ3v) is 2.99. The molecular weight excluding hydrogens is 463 g/mol. The summed E-state index contributed by atoms with van der Waals surface area (Å²) in [6.07, 6.45) is 20.0. The van der Waals surface area contributed by atoms with Crippen LogP contribution in [0, 0.1) is 35.4 Å². The predicted octanol–water partition coefficient (Wildman–Crippen LogP) is 5.95. The minimum absolute atomic E-state index is 0. The smallest absolute Gasteiger partial charge is 0.505 e.